The molecule has 1 rings (SSSR count). The Morgan fingerprint density at radius 3 is 2.67 bits per heavy atom. The van der Waals surface area contributed by atoms with Crippen LogP contribution in [0.15, 0.2) is 42.5 Å². The minimum absolute atomic E-state index is 0.957. The van der Waals surface area contributed by atoms with Gasteiger partial charge in [0.25, 0.3) is 0 Å². The van der Waals surface area contributed by atoms with Gasteiger partial charge in [-0.1, -0.05) is 62.2 Å². The SMILES string of the molecule is CCCCC=CCNCc1ccccc1. The molecule has 0 saturated heterocycles. The van der Waals surface area contributed by atoms with Crippen molar-refractivity contribution in [2.45, 2.75) is 32.7 Å². The van der Waals surface area contributed by atoms with Crippen LogP contribution in [0.25, 0.3) is 0 Å². The zero-order chi connectivity index (χ0) is 10.8. The number of rotatable bonds is 7. The molecule has 82 valence electrons. The van der Waals surface area contributed by atoms with E-state index >= 15 is 0 Å². The lowest BCUT2D eigenvalue weighted by Crippen LogP contribution is -2.12. The predicted octanol–water partition coefficient (Wildman–Crippen LogP) is 3.52. The summed E-state index contributed by atoms with van der Waals surface area (Å²) in [4.78, 5) is 0. The van der Waals surface area contributed by atoms with E-state index in [1.54, 1.807) is 0 Å². The average Bonchev–Trinajstić information content (AvgIpc) is 2.29. The van der Waals surface area contributed by atoms with Crippen molar-refractivity contribution in [1.82, 2.24) is 5.32 Å². The maximum Gasteiger partial charge on any atom is 0.0208 e. The first-order valence-electron chi connectivity index (χ1n) is 5.83. The monoisotopic (exact) mass is 203 g/mol. The topological polar surface area (TPSA) is 12.0 Å². The highest BCUT2D eigenvalue weighted by Crippen LogP contribution is 1.97. The maximum absolute atomic E-state index is 3.39. The van der Waals surface area contributed by atoms with E-state index in [-0.39, 0.29) is 0 Å². The van der Waals surface area contributed by atoms with Crippen molar-refractivity contribution in [3.8, 4) is 0 Å². The Bertz CT molecular complexity index is 264. The molecule has 0 saturated carbocycles. The molecule has 0 aliphatic heterocycles. The Kier molecular flexibility index (Phi) is 6.59. The van der Waals surface area contributed by atoms with E-state index in [0.29, 0.717) is 0 Å². The normalized spacial score (nSPS) is 11.0. The molecule has 0 aliphatic rings. The van der Waals surface area contributed by atoms with Gasteiger partial charge >= 0.3 is 0 Å². The number of benzene rings is 1. The second-order valence-corrected chi connectivity index (χ2v) is 3.73. The summed E-state index contributed by atoms with van der Waals surface area (Å²) in [5.74, 6) is 0. The van der Waals surface area contributed by atoms with Crippen LogP contribution in [0.4, 0.5) is 0 Å². The first-order valence-corrected chi connectivity index (χ1v) is 5.83. The van der Waals surface area contributed by atoms with Crippen LogP contribution in [-0.2, 0) is 6.54 Å². The molecular formula is C14H21N. The zero-order valence-electron chi connectivity index (χ0n) is 9.58. The van der Waals surface area contributed by atoms with Gasteiger partial charge in [0.05, 0.1) is 0 Å². The second kappa shape index (κ2) is 8.25. The molecule has 15 heavy (non-hydrogen) atoms. The summed E-state index contributed by atoms with van der Waals surface area (Å²) in [6.07, 6.45) is 8.28. The largest absolute Gasteiger partial charge is 0.309 e. The molecule has 0 aromatic heterocycles. The molecule has 0 heterocycles. The fourth-order valence-electron chi connectivity index (χ4n) is 1.42. The van der Waals surface area contributed by atoms with Crippen molar-refractivity contribution in [3.05, 3.63) is 48.0 Å². The number of hydrogen-bond acceptors (Lipinski definition) is 1. The maximum atomic E-state index is 3.39. The molecule has 0 radical (unpaired) electrons. The summed E-state index contributed by atoms with van der Waals surface area (Å²) in [7, 11) is 0. The lowest BCUT2D eigenvalue weighted by molar-refractivity contribution is 0.754. The second-order valence-electron chi connectivity index (χ2n) is 3.73. The van der Waals surface area contributed by atoms with Gasteiger partial charge in [-0.15, -0.1) is 0 Å². The minimum Gasteiger partial charge on any atom is -0.309 e. The van der Waals surface area contributed by atoms with Crippen LogP contribution in [0.2, 0.25) is 0 Å². The van der Waals surface area contributed by atoms with Crippen LogP contribution in [0.3, 0.4) is 0 Å². The smallest absolute Gasteiger partial charge is 0.0208 e. The van der Waals surface area contributed by atoms with E-state index < -0.39 is 0 Å². The van der Waals surface area contributed by atoms with Crippen LogP contribution in [-0.4, -0.2) is 6.54 Å². The molecule has 0 unspecified atom stereocenters. The summed E-state index contributed by atoms with van der Waals surface area (Å²) in [5.41, 5.74) is 1.35. The van der Waals surface area contributed by atoms with Crippen molar-refractivity contribution in [2.75, 3.05) is 6.54 Å². The summed E-state index contributed by atoms with van der Waals surface area (Å²) in [5, 5.41) is 3.39. The standard InChI is InChI=1S/C14H21N/c1-2-3-4-5-9-12-15-13-14-10-7-6-8-11-14/h5-11,15H,2-4,12-13H2,1H3. The molecule has 1 heteroatoms. The van der Waals surface area contributed by atoms with Gasteiger partial charge < -0.3 is 5.32 Å². The number of hydrogen-bond donors (Lipinski definition) is 1. The molecule has 0 amide bonds. The van der Waals surface area contributed by atoms with Crippen LogP contribution < -0.4 is 5.32 Å². The zero-order valence-corrected chi connectivity index (χ0v) is 9.58. The van der Waals surface area contributed by atoms with Gasteiger partial charge in [-0.05, 0) is 12.0 Å². The fraction of sp³-hybridized carbons (Fsp3) is 0.429. The lowest BCUT2D eigenvalue weighted by atomic mass is 10.2. The average molecular weight is 203 g/mol. The van der Waals surface area contributed by atoms with Gasteiger partial charge in [0.1, 0.15) is 0 Å². The van der Waals surface area contributed by atoms with Gasteiger partial charge in [-0.3, -0.25) is 0 Å². The van der Waals surface area contributed by atoms with E-state index in [1.807, 2.05) is 6.07 Å². The van der Waals surface area contributed by atoms with Gasteiger partial charge in [0, 0.05) is 13.1 Å². The van der Waals surface area contributed by atoms with Crippen LogP contribution >= 0.6 is 0 Å². The van der Waals surface area contributed by atoms with E-state index in [1.165, 1.54) is 24.8 Å². The summed E-state index contributed by atoms with van der Waals surface area (Å²) in [6, 6.07) is 10.5. The quantitative estimate of drug-likeness (QED) is 0.528. The summed E-state index contributed by atoms with van der Waals surface area (Å²) < 4.78 is 0. The molecular weight excluding hydrogens is 182 g/mol. The highest BCUT2D eigenvalue weighted by Gasteiger charge is 1.87. The Balaban J connectivity index is 2.04. The van der Waals surface area contributed by atoms with Crippen molar-refractivity contribution in [1.29, 1.82) is 0 Å². The van der Waals surface area contributed by atoms with Gasteiger partial charge in [-0.2, -0.15) is 0 Å². The minimum atomic E-state index is 0.957. The molecule has 0 fully saturated rings. The van der Waals surface area contributed by atoms with E-state index in [0.717, 1.165) is 13.1 Å². The van der Waals surface area contributed by atoms with Crippen LogP contribution in [0.5, 0.6) is 0 Å². The third kappa shape index (κ3) is 6.08. The highest BCUT2D eigenvalue weighted by molar-refractivity contribution is 5.14. The first-order chi connectivity index (χ1) is 7.43. The third-order valence-electron chi connectivity index (χ3n) is 2.33. The molecule has 1 aromatic carbocycles. The molecule has 1 aromatic rings. The van der Waals surface area contributed by atoms with Gasteiger partial charge in [0.2, 0.25) is 0 Å². The number of allylic oxidation sites excluding steroid dienone is 1. The Morgan fingerprint density at radius 1 is 1.13 bits per heavy atom. The molecule has 0 atom stereocenters. The van der Waals surface area contributed by atoms with E-state index in [2.05, 4.69) is 48.7 Å². The Labute approximate surface area is 93.2 Å². The van der Waals surface area contributed by atoms with Crippen LogP contribution in [0.1, 0.15) is 31.7 Å². The highest BCUT2D eigenvalue weighted by atomic mass is 14.8. The van der Waals surface area contributed by atoms with E-state index in [9.17, 15) is 0 Å². The molecule has 1 N–H and O–H groups in total. The summed E-state index contributed by atoms with van der Waals surface area (Å²) >= 11 is 0. The number of nitrogens with one attached hydrogen (secondary N) is 1. The predicted molar refractivity (Wildman–Crippen MR) is 66.8 cm³/mol. The molecule has 0 bridgehead atoms. The van der Waals surface area contributed by atoms with E-state index in [4.69, 9.17) is 0 Å². The number of unbranched alkanes of at least 4 members (excludes halogenated alkanes) is 2. The lowest BCUT2D eigenvalue weighted by Gasteiger charge is -2.00. The van der Waals surface area contributed by atoms with Gasteiger partial charge in [0.15, 0.2) is 0 Å². The summed E-state index contributed by atoms with van der Waals surface area (Å²) in [6.45, 7) is 4.15. The Hall–Kier alpha value is -1.08. The first kappa shape index (κ1) is 12.0. The van der Waals surface area contributed by atoms with Crippen molar-refractivity contribution < 1.29 is 0 Å². The molecule has 0 aliphatic carbocycles. The molecule has 0 spiro atoms. The fourth-order valence-corrected chi connectivity index (χ4v) is 1.42. The Morgan fingerprint density at radius 2 is 1.93 bits per heavy atom. The third-order valence-corrected chi connectivity index (χ3v) is 2.33. The van der Waals surface area contributed by atoms with Crippen molar-refractivity contribution >= 4 is 0 Å². The van der Waals surface area contributed by atoms with Crippen LogP contribution in [0, 0.1) is 0 Å². The van der Waals surface area contributed by atoms with Crippen molar-refractivity contribution in [3.63, 3.8) is 0 Å². The van der Waals surface area contributed by atoms with Crippen molar-refractivity contribution in [2.24, 2.45) is 0 Å². The van der Waals surface area contributed by atoms with Gasteiger partial charge in [-0.25, -0.2) is 0 Å². The molecule has 1 nitrogen and oxygen atoms in total.